The molecule has 4 heteroatoms. The summed E-state index contributed by atoms with van der Waals surface area (Å²) in [6, 6.07) is 15.7. The molecule has 0 amide bonds. The Bertz CT molecular complexity index is 862. The first-order valence-electron chi connectivity index (χ1n) is 6.15. The van der Waals surface area contributed by atoms with Crippen LogP contribution in [0.1, 0.15) is 11.1 Å². The molecule has 0 radical (unpaired) electrons. The molecule has 0 bridgehead atoms. The fraction of sp³-hybridized carbons (Fsp3) is 0.0625. The number of H-pyrrole nitrogens is 1. The summed E-state index contributed by atoms with van der Waals surface area (Å²) in [6.07, 6.45) is 1.96. The molecular formula is C16H10N4. The third-order valence-corrected chi connectivity index (χ3v) is 3.22. The van der Waals surface area contributed by atoms with E-state index in [2.05, 4.69) is 22.1 Å². The fourth-order valence-electron chi connectivity index (χ4n) is 2.24. The predicted octanol–water partition coefficient (Wildman–Crippen LogP) is 3.17. The second kappa shape index (κ2) is 4.87. The first kappa shape index (κ1) is 12.0. The van der Waals surface area contributed by atoms with Crippen LogP contribution >= 0.6 is 0 Å². The van der Waals surface area contributed by atoms with Gasteiger partial charge in [0.25, 0.3) is 0 Å². The van der Waals surface area contributed by atoms with Crippen molar-refractivity contribution in [2.75, 3.05) is 0 Å². The average Bonchev–Trinajstić information content (AvgIpc) is 2.95. The third kappa shape index (κ3) is 2.00. The van der Waals surface area contributed by atoms with E-state index in [0.29, 0.717) is 12.0 Å². The van der Waals surface area contributed by atoms with Crippen LogP contribution in [-0.2, 0) is 6.42 Å². The lowest BCUT2D eigenvalue weighted by Gasteiger charge is -2.06. The van der Waals surface area contributed by atoms with E-state index in [-0.39, 0.29) is 0 Å². The summed E-state index contributed by atoms with van der Waals surface area (Å²) in [6.45, 7) is 0. The average molecular weight is 258 g/mol. The minimum Gasteiger partial charge on any atom is -0.345 e. The summed E-state index contributed by atoms with van der Waals surface area (Å²) >= 11 is 0. The fourth-order valence-corrected chi connectivity index (χ4v) is 2.24. The lowest BCUT2D eigenvalue weighted by molar-refractivity contribution is 1.26. The quantitative estimate of drug-likeness (QED) is 0.767. The van der Waals surface area contributed by atoms with Crippen molar-refractivity contribution in [3.05, 3.63) is 53.9 Å². The van der Waals surface area contributed by atoms with Gasteiger partial charge in [0.2, 0.25) is 0 Å². The van der Waals surface area contributed by atoms with Gasteiger partial charge in [0, 0.05) is 0 Å². The summed E-state index contributed by atoms with van der Waals surface area (Å²) in [7, 11) is 0. The van der Waals surface area contributed by atoms with E-state index in [9.17, 15) is 5.26 Å². The molecule has 1 heterocycles. The highest BCUT2D eigenvalue weighted by Crippen LogP contribution is 2.26. The first-order chi connectivity index (χ1) is 9.81. The van der Waals surface area contributed by atoms with Gasteiger partial charge < -0.3 is 4.98 Å². The molecule has 3 aromatic rings. The van der Waals surface area contributed by atoms with Crippen molar-refractivity contribution in [1.82, 2.24) is 9.97 Å². The van der Waals surface area contributed by atoms with Crippen LogP contribution in [0.2, 0.25) is 0 Å². The minimum atomic E-state index is 0.313. The van der Waals surface area contributed by atoms with E-state index in [1.807, 2.05) is 30.3 Å². The van der Waals surface area contributed by atoms with E-state index in [1.165, 1.54) is 0 Å². The van der Waals surface area contributed by atoms with E-state index in [4.69, 9.17) is 5.26 Å². The van der Waals surface area contributed by atoms with Gasteiger partial charge in [-0.1, -0.05) is 18.2 Å². The molecule has 0 unspecified atom stereocenters. The number of nitrogens with one attached hydrogen (secondary N) is 1. The first-order valence-corrected chi connectivity index (χ1v) is 6.15. The number of benzene rings is 2. The molecular weight excluding hydrogens is 248 g/mol. The summed E-state index contributed by atoms with van der Waals surface area (Å²) in [5, 5.41) is 18.0. The zero-order valence-electron chi connectivity index (χ0n) is 10.6. The van der Waals surface area contributed by atoms with Crippen molar-refractivity contribution in [1.29, 1.82) is 10.5 Å². The second-order valence-electron chi connectivity index (χ2n) is 4.46. The molecule has 0 aliphatic heterocycles. The van der Waals surface area contributed by atoms with Crippen LogP contribution in [0.15, 0.2) is 42.7 Å². The van der Waals surface area contributed by atoms with Gasteiger partial charge in [-0.05, 0) is 34.9 Å². The molecule has 4 nitrogen and oxygen atoms in total. The molecule has 94 valence electrons. The maximum Gasteiger partial charge on any atom is 0.0998 e. The second-order valence-corrected chi connectivity index (χ2v) is 4.46. The molecule has 0 saturated heterocycles. The van der Waals surface area contributed by atoms with Crippen LogP contribution in [-0.4, -0.2) is 9.97 Å². The highest BCUT2D eigenvalue weighted by molar-refractivity contribution is 5.83. The Balaban J connectivity index is 2.13. The number of rotatable bonds is 2. The van der Waals surface area contributed by atoms with Crippen molar-refractivity contribution < 1.29 is 0 Å². The lowest BCUT2D eigenvalue weighted by Crippen LogP contribution is -1.89. The zero-order valence-corrected chi connectivity index (χ0v) is 10.6. The van der Waals surface area contributed by atoms with E-state index in [0.717, 1.165) is 27.7 Å². The van der Waals surface area contributed by atoms with Gasteiger partial charge in [0.15, 0.2) is 0 Å². The normalized spacial score (nSPS) is 10.1. The highest BCUT2D eigenvalue weighted by Gasteiger charge is 2.07. The van der Waals surface area contributed by atoms with Crippen LogP contribution < -0.4 is 0 Å². The zero-order chi connectivity index (χ0) is 13.9. The van der Waals surface area contributed by atoms with Gasteiger partial charge in [0.05, 0.1) is 41.5 Å². The molecule has 20 heavy (non-hydrogen) atoms. The maximum atomic E-state index is 9.29. The molecule has 0 atom stereocenters. The van der Waals surface area contributed by atoms with Gasteiger partial charge in [-0.15, -0.1) is 0 Å². The van der Waals surface area contributed by atoms with Crippen LogP contribution in [0.25, 0.3) is 22.2 Å². The number of hydrogen-bond donors (Lipinski definition) is 1. The summed E-state index contributed by atoms with van der Waals surface area (Å²) in [5.74, 6) is 0. The Hall–Kier alpha value is -3.11. The van der Waals surface area contributed by atoms with Crippen molar-refractivity contribution >= 4 is 11.0 Å². The Morgan fingerprint density at radius 1 is 1.10 bits per heavy atom. The molecule has 2 aromatic carbocycles. The summed E-state index contributed by atoms with van der Waals surface area (Å²) in [5.41, 5.74) is 5.07. The molecule has 0 aliphatic rings. The van der Waals surface area contributed by atoms with E-state index < -0.39 is 0 Å². The van der Waals surface area contributed by atoms with Gasteiger partial charge in [-0.25, -0.2) is 4.98 Å². The van der Waals surface area contributed by atoms with E-state index in [1.54, 1.807) is 12.4 Å². The molecule has 0 saturated carbocycles. The minimum absolute atomic E-state index is 0.313. The Kier molecular flexibility index (Phi) is 2.91. The van der Waals surface area contributed by atoms with Crippen molar-refractivity contribution in [3.8, 4) is 23.3 Å². The number of fused-ring (bicyclic) bond motifs is 1. The summed E-state index contributed by atoms with van der Waals surface area (Å²) in [4.78, 5) is 7.27. The topological polar surface area (TPSA) is 76.3 Å². The van der Waals surface area contributed by atoms with Crippen molar-refractivity contribution in [3.63, 3.8) is 0 Å². The summed E-state index contributed by atoms with van der Waals surface area (Å²) < 4.78 is 0. The molecule has 1 aromatic heterocycles. The van der Waals surface area contributed by atoms with Crippen LogP contribution in [0.3, 0.4) is 0 Å². The number of imidazole rings is 1. The van der Waals surface area contributed by atoms with Gasteiger partial charge in [-0.3, -0.25) is 0 Å². The molecule has 3 rings (SSSR count). The van der Waals surface area contributed by atoms with Crippen molar-refractivity contribution in [2.45, 2.75) is 6.42 Å². The molecule has 1 N–H and O–H groups in total. The van der Waals surface area contributed by atoms with Gasteiger partial charge in [-0.2, -0.15) is 10.5 Å². The number of aromatic amines is 1. The number of nitrogens with zero attached hydrogens (tertiary/aromatic N) is 3. The molecule has 0 spiro atoms. The SMILES string of the molecule is N#CCc1ccc(-c2ccc3[nH]cnc3c2)c(C#N)c1. The van der Waals surface area contributed by atoms with Crippen molar-refractivity contribution in [2.24, 2.45) is 0 Å². The van der Waals surface area contributed by atoms with E-state index >= 15 is 0 Å². The third-order valence-electron chi connectivity index (χ3n) is 3.22. The van der Waals surface area contributed by atoms with Crippen LogP contribution in [0, 0.1) is 22.7 Å². The van der Waals surface area contributed by atoms with Crippen LogP contribution in [0.5, 0.6) is 0 Å². The molecule has 0 fully saturated rings. The highest BCUT2D eigenvalue weighted by atomic mass is 14.9. The standard InChI is InChI=1S/C16H10N4/c17-6-5-11-1-3-14(13(7-11)9-18)12-2-4-15-16(8-12)20-10-19-15/h1-4,7-8,10H,5H2,(H,19,20). The van der Waals surface area contributed by atoms with Gasteiger partial charge >= 0.3 is 0 Å². The predicted molar refractivity (Wildman–Crippen MR) is 75.6 cm³/mol. The van der Waals surface area contributed by atoms with Gasteiger partial charge in [0.1, 0.15) is 0 Å². The largest absolute Gasteiger partial charge is 0.345 e. The smallest absolute Gasteiger partial charge is 0.0998 e. The Labute approximate surface area is 115 Å². The Morgan fingerprint density at radius 3 is 2.80 bits per heavy atom. The number of hydrogen-bond acceptors (Lipinski definition) is 3. The number of nitriles is 2. The number of aromatic nitrogens is 2. The Morgan fingerprint density at radius 2 is 2.00 bits per heavy atom. The molecule has 0 aliphatic carbocycles. The monoisotopic (exact) mass is 258 g/mol. The maximum absolute atomic E-state index is 9.29. The lowest BCUT2D eigenvalue weighted by atomic mass is 9.97. The van der Waals surface area contributed by atoms with Crippen LogP contribution in [0.4, 0.5) is 0 Å².